The summed E-state index contributed by atoms with van der Waals surface area (Å²) < 4.78 is 0. The molecule has 0 radical (unpaired) electrons. The van der Waals surface area contributed by atoms with Crippen LogP contribution in [0.2, 0.25) is 0 Å². The van der Waals surface area contributed by atoms with Gasteiger partial charge in [0.05, 0.1) is 12.1 Å². The van der Waals surface area contributed by atoms with E-state index in [1.54, 1.807) is 0 Å². The SMILES string of the molecule is C[C@H](NC(=O)[C@@H](N)CCC(=O)O)C(=O)N[C@@H](CCC(N)=O)C(=O)N[C@H](C=O)CCC(N)=O. The molecule has 0 bridgehead atoms. The highest BCUT2D eigenvalue weighted by atomic mass is 16.4. The molecule has 14 heteroatoms. The van der Waals surface area contributed by atoms with Crippen LogP contribution >= 0.6 is 0 Å². The molecule has 0 fully saturated rings. The maximum absolute atomic E-state index is 12.5. The monoisotopic (exact) mass is 458 g/mol. The Morgan fingerprint density at radius 2 is 1.38 bits per heavy atom. The lowest BCUT2D eigenvalue weighted by atomic mass is 10.1. The minimum atomic E-state index is -1.27. The first kappa shape index (κ1) is 28.5. The first-order valence-corrected chi connectivity index (χ1v) is 9.77. The highest BCUT2D eigenvalue weighted by Crippen LogP contribution is 2.02. The summed E-state index contributed by atoms with van der Waals surface area (Å²) in [5.74, 6) is -4.91. The zero-order valence-electron chi connectivity index (χ0n) is 17.7. The van der Waals surface area contributed by atoms with Crippen molar-refractivity contribution >= 4 is 41.8 Å². The number of carboxylic acid groups (broad SMARTS) is 1. The summed E-state index contributed by atoms with van der Waals surface area (Å²) >= 11 is 0. The van der Waals surface area contributed by atoms with Crippen LogP contribution in [0.1, 0.15) is 45.4 Å². The number of rotatable bonds is 16. The molecule has 0 aromatic heterocycles. The molecule has 0 rings (SSSR count). The third-order valence-corrected chi connectivity index (χ3v) is 4.26. The predicted octanol–water partition coefficient (Wildman–Crippen LogP) is -3.62. The Bertz CT molecular complexity index is 728. The van der Waals surface area contributed by atoms with Gasteiger partial charge in [0, 0.05) is 19.3 Å². The maximum atomic E-state index is 12.5. The first-order chi connectivity index (χ1) is 14.9. The summed E-state index contributed by atoms with van der Waals surface area (Å²) in [6, 6.07) is -4.63. The van der Waals surface area contributed by atoms with Crippen LogP contribution in [0.3, 0.4) is 0 Å². The quantitative estimate of drug-likeness (QED) is 0.112. The molecule has 0 unspecified atom stereocenters. The number of carbonyl (C=O) groups is 7. The van der Waals surface area contributed by atoms with Gasteiger partial charge in [-0.25, -0.2) is 0 Å². The van der Waals surface area contributed by atoms with Gasteiger partial charge in [0.25, 0.3) is 0 Å². The average Bonchev–Trinajstić information content (AvgIpc) is 2.71. The van der Waals surface area contributed by atoms with E-state index in [1.807, 2.05) is 0 Å². The van der Waals surface area contributed by atoms with E-state index in [9.17, 15) is 33.6 Å². The molecule has 32 heavy (non-hydrogen) atoms. The minimum absolute atomic E-state index is 0.0538. The molecule has 0 aliphatic rings. The van der Waals surface area contributed by atoms with E-state index in [0.29, 0.717) is 6.29 Å². The van der Waals surface area contributed by atoms with Crippen molar-refractivity contribution in [2.45, 2.75) is 69.6 Å². The largest absolute Gasteiger partial charge is 0.481 e. The van der Waals surface area contributed by atoms with Gasteiger partial charge in [-0.15, -0.1) is 0 Å². The summed E-state index contributed by atoms with van der Waals surface area (Å²) in [4.78, 5) is 80.5. The maximum Gasteiger partial charge on any atom is 0.303 e. The summed E-state index contributed by atoms with van der Waals surface area (Å²) in [6.07, 6.45) is -0.737. The lowest BCUT2D eigenvalue weighted by Crippen LogP contribution is -2.56. The van der Waals surface area contributed by atoms with Crippen LogP contribution < -0.4 is 33.2 Å². The molecule has 0 aliphatic carbocycles. The second kappa shape index (κ2) is 14.5. The van der Waals surface area contributed by atoms with Crippen LogP contribution in [0.15, 0.2) is 0 Å². The predicted molar refractivity (Wildman–Crippen MR) is 109 cm³/mol. The third kappa shape index (κ3) is 12.2. The fourth-order valence-electron chi connectivity index (χ4n) is 2.40. The topological polar surface area (TPSA) is 254 Å². The number of carboxylic acids is 1. The summed E-state index contributed by atoms with van der Waals surface area (Å²) in [5.41, 5.74) is 15.7. The van der Waals surface area contributed by atoms with Crippen LogP contribution in [-0.4, -0.2) is 71.1 Å². The molecule has 180 valence electrons. The molecule has 0 saturated carbocycles. The fourth-order valence-corrected chi connectivity index (χ4v) is 2.40. The number of carbonyl (C=O) groups excluding carboxylic acids is 6. The van der Waals surface area contributed by atoms with E-state index in [-0.39, 0.29) is 38.5 Å². The molecule has 5 amide bonds. The van der Waals surface area contributed by atoms with E-state index in [2.05, 4.69) is 16.0 Å². The van der Waals surface area contributed by atoms with Crippen molar-refractivity contribution in [3.05, 3.63) is 0 Å². The lowest BCUT2D eigenvalue weighted by Gasteiger charge is -2.23. The lowest BCUT2D eigenvalue weighted by molar-refractivity contribution is -0.137. The summed E-state index contributed by atoms with van der Waals surface area (Å²) in [7, 11) is 0. The van der Waals surface area contributed by atoms with Crippen LogP contribution in [0.5, 0.6) is 0 Å². The Morgan fingerprint density at radius 3 is 1.88 bits per heavy atom. The Balaban J connectivity index is 5.04. The Hall–Kier alpha value is -3.55. The average molecular weight is 458 g/mol. The molecule has 0 spiro atoms. The van der Waals surface area contributed by atoms with E-state index >= 15 is 0 Å². The number of nitrogens with two attached hydrogens (primary N) is 3. The Labute approximate surface area is 184 Å². The Morgan fingerprint density at radius 1 is 0.812 bits per heavy atom. The van der Waals surface area contributed by atoms with E-state index in [1.165, 1.54) is 6.92 Å². The smallest absolute Gasteiger partial charge is 0.303 e. The standard InChI is InChI=1S/C18H30N6O8/c1-9(22-17(31)11(19)3-7-15(28)29)16(30)24-12(4-6-14(21)27)18(32)23-10(8-25)2-5-13(20)26/h8-12H,2-7,19H2,1H3,(H2,20,26)(H2,21,27)(H,22,31)(H,23,32)(H,24,30)(H,28,29)/t9-,10-,11-,12-/m0/s1. The van der Waals surface area contributed by atoms with Gasteiger partial charge in [0.1, 0.15) is 18.4 Å². The second-order valence-electron chi connectivity index (χ2n) is 7.09. The number of aliphatic carboxylic acids is 1. The van der Waals surface area contributed by atoms with E-state index in [0.717, 1.165) is 0 Å². The number of amides is 5. The second-order valence-corrected chi connectivity index (χ2v) is 7.09. The number of nitrogens with one attached hydrogen (secondary N) is 3. The molecule has 0 heterocycles. The number of hydrogen-bond acceptors (Lipinski definition) is 8. The van der Waals surface area contributed by atoms with Crippen molar-refractivity contribution in [3.8, 4) is 0 Å². The van der Waals surface area contributed by atoms with Gasteiger partial charge >= 0.3 is 5.97 Å². The highest BCUT2D eigenvalue weighted by molar-refractivity contribution is 5.93. The summed E-state index contributed by atoms with van der Waals surface area (Å²) in [6.45, 7) is 1.31. The molecule has 10 N–H and O–H groups in total. The van der Waals surface area contributed by atoms with Gasteiger partial charge in [0.2, 0.25) is 29.5 Å². The minimum Gasteiger partial charge on any atom is -0.481 e. The van der Waals surface area contributed by atoms with Crippen molar-refractivity contribution in [2.24, 2.45) is 17.2 Å². The molecule has 0 aliphatic heterocycles. The van der Waals surface area contributed by atoms with Gasteiger partial charge in [0.15, 0.2) is 0 Å². The van der Waals surface area contributed by atoms with Crippen molar-refractivity contribution in [2.75, 3.05) is 0 Å². The van der Waals surface area contributed by atoms with Crippen molar-refractivity contribution in [1.29, 1.82) is 0 Å². The van der Waals surface area contributed by atoms with Gasteiger partial charge < -0.3 is 43.1 Å². The van der Waals surface area contributed by atoms with Crippen LogP contribution in [0.4, 0.5) is 0 Å². The van der Waals surface area contributed by atoms with Gasteiger partial charge in [-0.1, -0.05) is 0 Å². The fraction of sp³-hybridized carbons (Fsp3) is 0.611. The zero-order valence-corrected chi connectivity index (χ0v) is 17.7. The third-order valence-electron chi connectivity index (χ3n) is 4.26. The van der Waals surface area contributed by atoms with Crippen LogP contribution in [-0.2, 0) is 33.6 Å². The zero-order chi connectivity index (χ0) is 24.8. The normalized spacial score (nSPS) is 14.2. The van der Waals surface area contributed by atoms with Crippen LogP contribution in [0.25, 0.3) is 0 Å². The van der Waals surface area contributed by atoms with Gasteiger partial charge in [-0.05, 0) is 26.2 Å². The van der Waals surface area contributed by atoms with Gasteiger partial charge in [-0.2, -0.15) is 0 Å². The van der Waals surface area contributed by atoms with Crippen molar-refractivity contribution < 1.29 is 38.7 Å². The van der Waals surface area contributed by atoms with E-state index in [4.69, 9.17) is 22.3 Å². The summed E-state index contributed by atoms with van der Waals surface area (Å²) in [5, 5.41) is 15.6. The Kier molecular flexibility index (Phi) is 12.9. The number of primary amides is 2. The highest BCUT2D eigenvalue weighted by Gasteiger charge is 2.27. The first-order valence-electron chi connectivity index (χ1n) is 9.77. The molecular weight excluding hydrogens is 428 g/mol. The molecule has 0 aromatic carbocycles. The molecular formula is C18H30N6O8. The molecule has 0 saturated heterocycles. The number of hydrogen-bond donors (Lipinski definition) is 7. The van der Waals surface area contributed by atoms with Gasteiger partial charge in [-0.3, -0.25) is 28.8 Å². The number of aldehydes is 1. The van der Waals surface area contributed by atoms with Crippen molar-refractivity contribution in [1.82, 2.24) is 16.0 Å². The van der Waals surface area contributed by atoms with E-state index < -0.39 is 59.7 Å². The molecule has 0 aromatic rings. The van der Waals surface area contributed by atoms with Crippen molar-refractivity contribution in [3.63, 3.8) is 0 Å². The van der Waals surface area contributed by atoms with Crippen LogP contribution in [0, 0.1) is 0 Å². The molecule has 4 atom stereocenters. The molecule has 14 nitrogen and oxygen atoms in total.